The van der Waals surface area contributed by atoms with Crippen molar-refractivity contribution in [2.24, 2.45) is 0 Å². The van der Waals surface area contributed by atoms with Gasteiger partial charge in [-0.1, -0.05) is 0 Å². The van der Waals surface area contributed by atoms with Crippen LogP contribution in [0.1, 0.15) is 29.7 Å². The number of piperidine rings is 1. The molecule has 3 rings (SSSR count). The summed E-state index contributed by atoms with van der Waals surface area (Å²) >= 11 is 0. The van der Waals surface area contributed by atoms with Gasteiger partial charge in [-0.3, -0.25) is 4.79 Å². The molecule has 1 saturated heterocycles. The topological polar surface area (TPSA) is 92.2 Å². The normalized spacial score (nSPS) is 17.4. The van der Waals surface area contributed by atoms with Crippen molar-refractivity contribution in [1.29, 1.82) is 5.26 Å². The fraction of sp³-hybridized carbons (Fsp3) is 0.474. The second kappa shape index (κ2) is 6.87. The first-order valence-corrected chi connectivity index (χ1v) is 8.63. The maximum absolute atomic E-state index is 12.4. The maximum Gasteiger partial charge on any atom is 0.252 e. The van der Waals surface area contributed by atoms with E-state index in [9.17, 15) is 9.90 Å². The summed E-state index contributed by atoms with van der Waals surface area (Å²) < 4.78 is 0. The fourth-order valence-electron chi connectivity index (χ4n) is 3.46. The number of nitrogens with one attached hydrogen (secondary N) is 2. The third kappa shape index (κ3) is 3.53. The number of aryl methyl sites for hydroxylation is 1. The Morgan fingerprint density at radius 3 is 2.84 bits per heavy atom. The van der Waals surface area contributed by atoms with Gasteiger partial charge < -0.3 is 20.3 Å². The summed E-state index contributed by atoms with van der Waals surface area (Å²) in [5.41, 5.74) is 2.50. The van der Waals surface area contributed by atoms with Crippen LogP contribution in [-0.4, -0.2) is 53.2 Å². The number of aliphatic hydroxyl groups is 1. The average Bonchev–Trinajstić information content (AvgIpc) is 2.92. The van der Waals surface area contributed by atoms with E-state index >= 15 is 0 Å². The molecule has 2 heterocycles. The van der Waals surface area contributed by atoms with Gasteiger partial charge in [-0.05, 0) is 57.0 Å². The molecule has 1 amide bonds. The van der Waals surface area contributed by atoms with Gasteiger partial charge in [0.15, 0.2) is 0 Å². The summed E-state index contributed by atoms with van der Waals surface area (Å²) in [6.45, 7) is 3.90. The van der Waals surface area contributed by atoms with Crippen LogP contribution in [0.2, 0.25) is 0 Å². The summed E-state index contributed by atoms with van der Waals surface area (Å²) in [6.07, 6.45) is 1.59. The van der Waals surface area contributed by atoms with E-state index < -0.39 is 5.60 Å². The van der Waals surface area contributed by atoms with Crippen LogP contribution >= 0.6 is 0 Å². The molecule has 0 spiro atoms. The number of hydrogen-bond acceptors (Lipinski definition) is 4. The minimum Gasteiger partial charge on any atom is -0.380 e. The Morgan fingerprint density at radius 2 is 2.16 bits per heavy atom. The zero-order valence-electron chi connectivity index (χ0n) is 14.7. The van der Waals surface area contributed by atoms with Gasteiger partial charge >= 0.3 is 0 Å². The molecule has 1 fully saturated rings. The molecule has 6 nitrogen and oxygen atoms in total. The summed E-state index contributed by atoms with van der Waals surface area (Å²) in [7, 11) is 1.99. The van der Waals surface area contributed by atoms with Crippen LogP contribution in [0.5, 0.6) is 0 Å². The Kier molecular flexibility index (Phi) is 4.80. The predicted molar refractivity (Wildman–Crippen MR) is 96.1 cm³/mol. The first kappa shape index (κ1) is 17.5. The molecule has 132 valence electrons. The maximum atomic E-state index is 12.4. The van der Waals surface area contributed by atoms with Crippen molar-refractivity contribution in [2.45, 2.75) is 31.8 Å². The Labute approximate surface area is 147 Å². The van der Waals surface area contributed by atoms with E-state index in [2.05, 4.69) is 21.3 Å². The van der Waals surface area contributed by atoms with E-state index in [4.69, 9.17) is 5.26 Å². The number of carbonyl (C=O) groups excluding carboxylic acids is 1. The lowest BCUT2D eigenvalue weighted by Crippen LogP contribution is -2.53. The molecule has 0 aliphatic carbocycles. The van der Waals surface area contributed by atoms with Crippen LogP contribution in [0.3, 0.4) is 0 Å². The molecule has 1 aromatic carbocycles. The predicted octanol–water partition coefficient (Wildman–Crippen LogP) is 1.46. The number of hydrogen-bond donors (Lipinski definition) is 3. The first-order chi connectivity index (χ1) is 11.9. The van der Waals surface area contributed by atoms with Crippen molar-refractivity contribution in [3.63, 3.8) is 0 Å². The zero-order chi connectivity index (χ0) is 18.0. The molecule has 0 radical (unpaired) electrons. The zero-order valence-corrected chi connectivity index (χ0v) is 14.7. The van der Waals surface area contributed by atoms with Gasteiger partial charge in [-0.25, -0.2) is 0 Å². The van der Waals surface area contributed by atoms with Crippen LogP contribution in [0.4, 0.5) is 0 Å². The van der Waals surface area contributed by atoms with Crippen LogP contribution in [-0.2, 0) is 11.2 Å². The van der Waals surface area contributed by atoms with Gasteiger partial charge in [-0.2, -0.15) is 5.26 Å². The highest BCUT2D eigenvalue weighted by Crippen LogP contribution is 2.24. The number of nitrogens with zero attached hydrogens (tertiary/aromatic N) is 2. The van der Waals surface area contributed by atoms with Gasteiger partial charge in [0.05, 0.1) is 11.6 Å². The van der Waals surface area contributed by atoms with E-state index in [1.54, 1.807) is 6.07 Å². The molecule has 6 heteroatoms. The Balaban J connectivity index is 1.66. The minimum absolute atomic E-state index is 0.282. The molecule has 0 bridgehead atoms. The number of rotatable bonds is 4. The van der Waals surface area contributed by atoms with E-state index in [0.717, 1.165) is 35.2 Å². The Bertz CT molecular complexity index is 826. The Morgan fingerprint density at radius 1 is 1.44 bits per heavy atom. The highest BCUT2D eigenvalue weighted by Gasteiger charge is 2.38. The van der Waals surface area contributed by atoms with Gasteiger partial charge in [-0.15, -0.1) is 0 Å². The van der Waals surface area contributed by atoms with Crippen LogP contribution in [0.15, 0.2) is 18.2 Å². The highest BCUT2D eigenvalue weighted by atomic mass is 16.3. The van der Waals surface area contributed by atoms with Crippen LogP contribution in [0.25, 0.3) is 10.9 Å². The second-order valence-electron chi connectivity index (χ2n) is 6.94. The lowest BCUT2D eigenvalue weighted by atomic mass is 9.90. The Hall–Kier alpha value is -2.36. The smallest absolute Gasteiger partial charge is 0.252 e. The third-order valence-corrected chi connectivity index (χ3v) is 5.15. The van der Waals surface area contributed by atoms with Crippen molar-refractivity contribution in [1.82, 2.24) is 15.2 Å². The number of likely N-dealkylation sites (tertiary alicyclic amines) is 1. The van der Waals surface area contributed by atoms with Crippen LogP contribution < -0.4 is 5.32 Å². The summed E-state index contributed by atoms with van der Waals surface area (Å²) in [4.78, 5) is 17.8. The van der Waals surface area contributed by atoms with Crippen molar-refractivity contribution in [3.05, 3.63) is 35.0 Å². The number of nitriles is 1. The third-order valence-electron chi connectivity index (χ3n) is 5.15. The van der Waals surface area contributed by atoms with Gasteiger partial charge in [0, 0.05) is 36.2 Å². The van der Waals surface area contributed by atoms with E-state index in [0.29, 0.717) is 31.4 Å². The standard InChI is InChI=1S/C19H24N4O2/c1-13-15(16-11-14(12-20)3-4-17(16)22-13)5-8-21-18(24)19(25)6-9-23(2)10-7-19/h3-4,11,22,25H,5-10H2,1-2H3,(H,21,24). The molecule has 3 N–H and O–H groups in total. The summed E-state index contributed by atoms with van der Waals surface area (Å²) in [5.74, 6) is -0.282. The van der Waals surface area contributed by atoms with E-state index in [1.807, 2.05) is 26.1 Å². The highest BCUT2D eigenvalue weighted by molar-refractivity contribution is 5.87. The van der Waals surface area contributed by atoms with E-state index in [1.165, 1.54) is 0 Å². The van der Waals surface area contributed by atoms with Crippen molar-refractivity contribution < 1.29 is 9.90 Å². The van der Waals surface area contributed by atoms with Crippen LogP contribution in [0, 0.1) is 18.3 Å². The number of fused-ring (bicyclic) bond motifs is 1. The molecule has 0 unspecified atom stereocenters. The number of aromatic amines is 1. The molecule has 1 aliphatic heterocycles. The molecule has 0 saturated carbocycles. The molecule has 1 aliphatic rings. The van der Waals surface area contributed by atoms with Crippen molar-refractivity contribution in [2.75, 3.05) is 26.7 Å². The SMILES string of the molecule is Cc1[nH]c2ccc(C#N)cc2c1CCNC(=O)C1(O)CCN(C)CC1. The summed E-state index contributed by atoms with van der Waals surface area (Å²) in [5, 5.41) is 23.5. The van der Waals surface area contributed by atoms with Gasteiger partial charge in [0.2, 0.25) is 0 Å². The fourth-order valence-corrected chi connectivity index (χ4v) is 3.46. The summed E-state index contributed by atoms with van der Waals surface area (Å²) in [6, 6.07) is 7.73. The lowest BCUT2D eigenvalue weighted by Gasteiger charge is -2.35. The first-order valence-electron chi connectivity index (χ1n) is 8.63. The number of aromatic nitrogens is 1. The largest absolute Gasteiger partial charge is 0.380 e. The molecule has 25 heavy (non-hydrogen) atoms. The molecular formula is C19H24N4O2. The average molecular weight is 340 g/mol. The van der Waals surface area contributed by atoms with E-state index in [-0.39, 0.29) is 5.91 Å². The molecule has 0 atom stereocenters. The number of H-pyrrole nitrogens is 1. The van der Waals surface area contributed by atoms with Gasteiger partial charge in [0.1, 0.15) is 5.60 Å². The van der Waals surface area contributed by atoms with Crippen molar-refractivity contribution >= 4 is 16.8 Å². The quantitative estimate of drug-likeness (QED) is 0.786. The number of benzene rings is 1. The number of carbonyl (C=O) groups is 1. The second-order valence-corrected chi connectivity index (χ2v) is 6.94. The monoisotopic (exact) mass is 340 g/mol. The molecule has 2 aromatic rings. The molecule has 1 aromatic heterocycles. The molecular weight excluding hydrogens is 316 g/mol. The van der Waals surface area contributed by atoms with Gasteiger partial charge in [0.25, 0.3) is 5.91 Å². The number of amides is 1. The lowest BCUT2D eigenvalue weighted by molar-refractivity contribution is -0.144. The van der Waals surface area contributed by atoms with Crippen molar-refractivity contribution in [3.8, 4) is 6.07 Å². The minimum atomic E-state index is -1.25.